The Morgan fingerprint density at radius 1 is 1.45 bits per heavy atom. The molecule has 22 heavy (non-hydrogen) atoms. The minimum Gasteiger partial charge on any atom is -0.376 e. The summed E-state index contributed by atoms with van der Waals surface area (Å²) < 4.78 is 7.16. The van der Waals surface area contributed by atoms with Gasteiger partial charge in [0.05, 0.1) is 18.8 Å². The minimum absolute atomic E-state index is 0.131. The molecule has 0 spiro atoms. The number of hydrogen-bond acceptors (Lipinski definition) is 4. The fraction of sp³-hybridized carbons (Fsp3) is 0.438. The summed E-state index contributed by atoms with van der Waals surface area (Å²) in [6.45, 7) is 3.98. The Morgan fingerprint density at radius 2 is 2.32 bits per heavy atom. The molecule has 1 atom stereocenters. The van der Waals surface area contributed by atoms with Crippen molar-refractivity contribution in [3.8, 4) is 0 Å². The molecule has 3 rings (SSSR count). The third kappa shape index (κ3) is 3.51. The summed E-state index contributed by atoms with van der Waals surface area (Å²) in [6, 6.07) is 8.11. The van der Waals surface area contributed by atoms with Crippen molar-refractivity contribution in [3.63, 3.8) is 0 Å². The molecule has 6 nitrogen and oxygen atoms in total. The first-order valence-electron chi connectivity index (χ1n) is 7.57. The van der Waals surface area contributed by atoms with Gasteiger partial charge in [0.2, 0.25) is 0 Å². The van der Waals surface area contributed by atoms with Gasteiger partial charge in [-0.15, -0.1) is 5.10 Å². The van der Waals surface area contributed by atoms with Gasteiger partial charge >= 0.3 is 0 Å². The number of aryl methyl sites for hydroxylation is 1. The molecule has 0 radical (unpaired) electrons. The molecule has 1 N–H and O–H groups in total. The number of hydrogen-bond donors (Lipinski definition) is 1. The van der Waals surface area contributed by atoms with Crippen LogP contribution in [-0.4, -0.2) is 40.2 Å². The zero-order chi connectivity index (χ0) is 15.4. The zero-order valence-electron chi connectivity index (χ0n) is 12.7. The Morgan fingerprint density at radius 3 is 3.09 bits per heavy atom. The van der Waals surface area contributed by atoms with Gasteiger partial charge in [-0.25, -0.2) is 4.68 Å². The molecule has 1 fully saturated rings. The summed E-state index contributed by atoms with van der Waals surface area (Å²) in [4.78, 5) is 12.1. The van der Waals surface area contributed by atoms with Crippen LogP contribution in [-0.2, 0) is 11.3 Å². The molecule has 0 aliphatic carbocycles. The van der Waals surface area contributed by atoms with E-state index in [2.05, 4.69) is 28.6 Å². The number of amides is 1. The van der Waals surface area contributed by atoms with Gasteiger partial charge < -0.3 is 10.1 Å². The van der Waals surface area contributed by atoms with Crippen molar-refractivity contribution in [2.24, 2.45) is 0 Å². The normalized spacial score (nSPS) is 17.6. The van der Waals surface area contributed by atoms with Crippen molar-refractivity contribution < 1.29 is 9.53 Å². The van der Waals surface area contributed by atoms with Crippen LogP contribution in [0.2, 0.25) is 0 Å². The second-order valence-corrected chi connectivity index (χ2v) is 5.57. The Kier molecular flexibility index (Phi) is 4.48. The highest BCUT2D eigenvalue weighted by atomic mass is 16.5. The van der Waals surface area contributed by atoms with Crippen molar-refractivity contribution in [2.45, 2.75) is 32.4 Å². The molecule has 0 saturated carbocycles. The number of ether oxygens (including phenoxy) is 1. The van der Waals surface area contributed by atoms with Gasteiger partial charge in [-0.2, -0.15) is 0 Å². The van der Waals surface area contributed by atoms with E-state index >= 15 is 0 Å². The second kappa shape index (κ2) is 6.70. The molecule has 2 heterocycles. The summed E-state index contributed by atoms with van der Waals surface area (Å²) in [7, 11) is 0. The highest BCUT2D eigenvalue weighted by Crippen LogP contribution is 2.11. The van der Waals surface area contributed by atoms with Crippen LogP contribution >= 0.6 is 0 Å². The SMILES string of the molecule is Cc1ccccc1Cn1cc(C(=O)NC[C@@H]2CCCO2)nn1. The first-order valence-corrected chi connectivity index (χ1v) is 7.57. The quantitative estimate of drug-likeness (QED) is 0.909. The lowest BCUT2D eigenvalue weighted by molar-refractivity contribution is 0.0853. The third-order valence-electron chi connectivity index (χ3n) is 3.88. The smallest absolute Gasteiger partial charge is 0.273 e. The lowest BCUT2D eigenvalue weighted by atomic mass is 10.1. The molecule has 2 aromatic rings. The number of nitrogens with zero attached hydrogens (tertiary/aromatic N) is 3. The fourth-order valence-corrected chi connectivity index (χ4v) is 2.54. The number of nitrogens with one attached hydrogen (secondary N) is 1. The van der Waals surface area contributed by atoms with Gasteiger partial charge in [-0.1, -0.05) is 29.5 Å². The maximum atomic E-state index is 12.1. The van der Waals surface area contributed by atoms with Crippen molar-refractivity contribution in [1.29, 1.82) is 0 Å². The number of benzene rings is 1. The molecular formula is C16H20N4O2. The minimum atomic E-state index is -0.202. The van der Waals surface area contributed by atoms with E-state index in [-0.39, 0.29) is 12.0 Å². The van der Waals surface area contributed by atoms with E-state index in [4.69, 9.17) is 4.74 Å². The Hall–Kier alpha value is -2.21. The summed E-state index contributed by atoms with van der Waals surface area (Å²) in [5.41, 5.74) is 2.70. The number of carbonyl (C=O) groups excluding carboxylic acids is 1. The van der Waals surface area contributed by atoms with Crippen LogP contribution in [0.1, 0.15) is 34.5 Å². The average Bonchev–Trinajstić information content (AvgIpc) is 3.19. The lowest BCUT2D eigenvalue weighted by Gasteiger charge is -2.09. The molecule has 1 aromatic heterocycles. The van der Waals surface area contributed by atoms with Crippen molar-refractivity contribution in [2.75, 3.05) is 13.2 Å². The van der Waals surface area contributed by atoms with Gasteiger partial charge in [-0.3, -0.25) is 4.79 Å². The molecule has 1 aromatic carbocycles. The van der Waals surface area contributed by atoms with Crippen molar-refractivity contribution in [1.82, 2.24) is 20.3 Å². The second-order valence-electron chi connectivity index (χ2n) is 5.57. The first-order chi connectivity index (χ1) is 10.7. The highest BCUT2D eigenvalue weighted by molar-refractivity contribution is 5.91. The van der Waals surface area contributed by atoms with Crippen LogP contribution in [0.3, 0.4) is 0 Å². The van der Waals surface area contributed by atoms with Crippen molar-refractivity contribution >= 4 is 5.91 Å². The number of rotatable bonds is 5. The molecule has 0 bridgehead atoms. The molecule has 116 valence electrons. The van der Waals surface area contributed by atoms with E-state index in [0.29, 0.717) is 18.8 Å². The van der Waals surface area contributed by atoms with Gasteiger partial charge in [0.15, 0.2) is 5.69 Å². The van der Waals surface area contributed by atoms with E-state index in [1.54, 1.807) is 10.9 Å². The van der Waals surface area contributed by atoms with E-state index in [0.717, 1.165) is 19.4 Å². The molecule has 6 heteroatoms. The van der Waals surface area contributed by atoms with E-state index in [9.17, 15) is 4.79 Å². The molecule has 0 unspecified atom stereocenters. The maximum Gasteiger partial charge on any atom is 0.273 e. The predicted octanol–water partition coefficient (Wildman–Crippen LogP) is 1.54. The summed E-state index contributed by atoms with van der Waals surface area (Å²) in [5.74, 6) is -0.202. The summed E-state index contributed by atoms with van der Waals surface area (Å²) in [6.07, 6.45) is 3.87. The Labute approximate surface area is 129 Å². The van der Waals surface area contributed by atoms with Gasteiger partial charge in [0.25, 0.3) is 5.91 Å². The topological polar surface area (TPSA) is 69.0 Å². The first kappa shape index (κ1) is 14.7. The molecule has 1 aliphatic heterocycles. The summed E-state index contributed by atoms with van der Waals surface area (Å²) >= 11 is 0. The van der Waals surface area contributed by atoms with Gasteiger partial charge in [0, 0.05) is 13.2 Å². The average molecular weight is 300 g/mol. The van der Waals surface area contributed by atoms with E-state index in [1.165, 1.54) is 11.1 Å². The van der Waals surface area contributed by atoms with Crippen LogP contribution in [0.15, 0.2) is 30.5 Å². The van der Waals surface area contributed by atoms with Crippen LogP contribution in [0, 0.1) is 6.92 Å². The summed E-state index contributed by atoms with van der Waals surface area (Å²) in [5, 5.41) is 10.8. The highest BCUT2D eigenvalue weighted by Gasteiger charge is 2.18. The fourth-order valence-electron chi connectivity index (χ4n) is 2.54. The Balaban J connectivity index is 1.58. The molecule has 1 aliphatic rings. The molecule has 1 amide bonds. The lowest BCUT2D eigenvalue weighted by Crippen LogP contribution is -2.31. The van der Waals surface area contributed by atoms with Gasteiger partial charge in [-0.05, 0) is 30.9 Å². The number of carbonyl (C=O) groups is 1. The van der Waals surface area contributed by atoms with Gasteiger partial charge in [0.1, 0.15) is 0 Å². The van der Waals surface area contributed by atoms with Crippen molar-refractivity contribution in [3.05, 3.63) is 47.3 Å². The van der Waals surface area contributed by atoms with E-state index < -0.39 is 0 Å². The third-order valence-corrected chi connectivity index (χ3v) is 3.88. The van der Waals surface area contributed by atoms with E-state index in [1.807, 2.05) is 18.2 Å². The van der Waals surface area contributed by atoms with Crippen LogP contribution in [0.5, 0.6) is 0 Å². The standard InChI is InChI=1S/C16H20N4O2/c1-12-5-2-3-6-13(12)10-20-11-15(18-19-20)16(21)17-9-14-7-4-8-22-14/h2-3,5-6,11,14H,4,7-10H2,1H3,(H,17,21)/t14-/m0/s1. The largest absolute Gasteiger partial charge is 0.376 e. The van der Waals surface area contributed by atoms with Crippen LogP contribution < -0.4 is 5.32 Å². The van der Waals surface area contributed by atoms with Crippen LogP contribution in [0.25, 0.3) is 0 Å². The monoisotopic (exact) mass is 300 g/mol. The Bertz CT molecular complexity index is 647. The number of aromatic nitrogens is 3. The van der Waals surface area contributed by atoms with Crippen LogP contribution in [0.4, 0.5) is 0 Å². The zero-order valence-corrected chi connectivity index (χ0v) is 12.7. The molecular weight excluding hydrogens is 280 g/mol. The molecule has 1 saturated heterocycles. The predicted molar refractivity (Wildman–Crippen MR) is 81.6 cm³/mol. The maximum absolute atomic E-state index is 12.1.